The second-order valence-electron chi connectivity index (χ2n) is 7.55. The van der Waals surface area contributed by atoms with E-state index in [2.05, 4.69) is 49.3 Å². The maximum Gasteiger partial charge on any atom is 0.0534 e. The summed E-state index contributed by atoms with van der Waals surface area (Å²) in [7, 11) is 4.21. The van der Waals surface area contributed by atoms with Crippen molar-refractivity contribution in [3.8, 4) is 0 Å². The van der Waals surface area contributed by atoms with Crippen LogP contribution in [0.3, 0.4) is 0 Å². The molecule has 2 unspecified atom stereocenters. The molecular weight excluding hydrogens is 260 g/mol. The lowest BCUT2D eigenvalue weighted by atomic mass is 9.69. The molecule has 0 saturated heterocycles. The summed E-state index contributed by atoms with van der Waals surface area (Å²) in [6, 6.07) is 0.680. The molecule has 0 amide bonds. The van der Waals surface area contributed by atoms with Gasteiger partial charge in [0.25, 0.3) is 0 Å². The molecular formula is C17H32N4. The van der Waals surface area contributed by atoms with Crippen molar-refractivity contribution in [2.24, 2.45) is 18.4 Å². The maximum absolute atomic E-state index is 4.26. The molecule has 1 aliphatic rings. The third-order valence-corrected chi connectivity index (χ3v) is 4.74. The fraction of sp³-hybridized carbons (Fsp3) is 0.824. The average molecular weight is 292 g/mol. The lowest BCUT2D eigenvalue weighted by Gasteiger charge is -2.42. The van der Waals surface area contributed by atoms with Crippen LogP contribution in [0, 0.1) is 11.3 Å². The molecule has 2 rings (SSSR count). The summed E-state index contributed by atoms with van der Waals surface area (Å²) < 4.78 is 1.88. The summed E-state index contributed by atoms with van der Waals surface area (Å²) in [5.41, 5.74) is 1.79. The predicted octanol–water partition coefficient (Wildman–Crippen LogP) is 2.66. The van der Waals surface area contributed by atoms with E-state index in [-0.39, 0.29) is 0 Å². The van der Waals surface area contributed by atoms with Gasteiger partial charge in [0.15, 0.2) is 0 Å². The van der Waals surface area contributed by atoms with Crippen molar-refractivity contribution in [2.75, 3.05) is 20.1 Å². The predicted molar refractivity (Wildman–Crippen MR) is 88.1 cm³/mol. The van der Waals surface area contributed by atoms with Crippen molar-refractivity contribution < 1.29 is 0 Å². The highest BCUT2D eigenvalue weighted by Crippen LogP contribution is 2.39. The molecule has 2 atom stereocenters. The Bertz CT molecular complexity index is 438. The first-order valence-corrected chi connectivity index (χ1v) is 8.29. The summed E-state index contributed by atoms with van der Waals surface area (Å²) in [5.74, 6) is 0.746. The Hall–Kier alpha value is -0.870. The SMILES string of the molecule is CCNC1CCC(C)(C)CC1CN(C)Cc1cnn(C)c1. The molecule has 1 aromatic rings. The first kappa shape index (κ1) is 16.5. The molecule has 0 aliphatic heterocycles. The van der Waals surface area contributed by atoms with E-state index in [1.54, 1.807) is 0 Å². The molecule has 4 heteroatoms. The van der Waals surface area contributed by atoms with Crippen LogP contribution in [0.2, 0.25) is 0 Å². The fourth-order valence-corrected chi connectivity index (χ4v) is 3.79. The smallest absolute Gasteiger partial charge is 0.0534 e. The van der Waals surface area contributed by atoms with Gasteiger partial charge in [-0.3, -0.25) is 4.68 Å². The second-order valence-corrected chi connectivity index (χ2v) is 7.55. The number of hydrogen-bond donors (Lipinski definition) is 1. The van der Waals surface area contributed by atoms with Crippen LogP contribution < -0.4 is 5.32 Å². The van der Waals surface area contributed by atoms with E-state index in [4.69, 9.17) is 0 Å². The molecule has 120 valence electrons. The topological polar surface area (TPSA) is 33.1 Å². The number of aryl methyl sites for hydroxylation is 1. The van der Waals surface area contributed by atoms with E-state index >= 15 is 0 Å². The van der Waals surface area contributed by atoms with Crippen LogP contribution in [-0.2, 0) is 13.6 Å². The number of hydrogen-bond acceptors (Lipinski definition) is 3. The van der Waals surface area contributed by atoms with Gasteiger partial charge >= 0.3 is 0 Å². The van der Waals surface area contributed by atoms with E-state index in [1.807, 2.05) is 17.9 Å². The van der Waals surface area contributed by atoms with Gasteiger partial charge in [-0.15, -0.1) is 0 Å². The fourth-order valence-electron chi connectivity index (χ4n) is 3.79. The highest BCUT2D eigenvalue weighted by atomic mass is 15.2. The Labute approximate surface area is 129 Å². The zero-order chi connectivity index (χ0) is 15.5. The third-order valence-electron chi connectivity index (χ3n) is 4.74. The summed E-state index contributed by atoms with van der Waals surface area (Å²) >= 11 is 0. The molecule has 1 N–H and O–H groups in total. The number of nitrogens with one attached hydrogen (secondary N) is 1. The highest BCUT2D eigenvalue weighted by Gasteiger charge is 2.34. The Kier molecular flexibility index (Phi) is 5.44. The van der Waals surface area contributed by atoms with Crippen LogP contribution in [-0.4, -0.2) is 40.9 Å². The molecule has 0 spiro atoms. The van der Waals surface area contributed by atoms with Gasteiger partial charge in [0.2, 0.25) is 0 Å². The van der Waals surface area contributed by atoms with Crippen molar-refractivity contribution in [1.29, 1.82) is 0 Å². The minimum atomic E-state index is 0.492. The van der Waals surface area contributed by atoms with Gasteiger partial charge < -0.3 is 10.2 Å². The van der Waals surface area contributed by atoms with Crippen molar-refractivity contribution in [1.82, 2.24) is 20.0 Å². The summed E-state index contributed by atoms with van der Waals surface area (Å²) in [6.45, 7) is 10.3. The Morgan fingerprint density at radius 2 is 2.24 bits per heavy atom. The first-order valence-electron chi connectivity index (χ1n) is 8.29. The molecule has 1 aliphatic carbocycles. The van der Waals surface area contributed by atoms with Gasteiger partial charge in [0, 0.05) is 37.9 Å². The normalized spacial score (nSPS) is 25.4. The Morgan fingerprint density at radius 3 is 2.86 bits per heavy atom. The number of rotatable bonds is 6. The van der Waals surface area contributed by atoms with Gasteiger partial charge in [0.05, 0.1) is 6.20 Å². The van der Waals surface area contributed by atoms with Crippen LogP contribution in [0.25, 0.3) is 0 Å². The first-order chi connectivity index (χ1) is 9.89. The van der Waals surface area contributed by atoms with E-state index in [1.165, 1.54) is 24.8 Å². The van der Waals surface area contributed by atoms with Gasteiger partial charge in [-0.2, -0.15) is 5.10 Å². The van der Waals surface area contributed by atoms with Crippen LogP contribution in [0.4, 0.5) is 0 Å². The summed E-state index contributed by atoms with van der Waals surface area (Å²) in [5, 5.41) is 7.96. The van der Waals surface area contributed by atoms with Crippen LogP contribution in [0.5, 0.6) is 0 Å². The minimum absolute atomic E-state index is 0.492. The van der Waals surface area contributed by atoms with Crippen molar-refractivity contribution in [2.45, 2.75) is 52.6 Å². The zero-order valence-corrected chi connectivity index (χ0v) is 14.4. The largest absolute Gasteiger partial charge is 0.314 e. The lowest BCUT2D eigenvalue weighted by Crippen LogP contribution is -2.46. The molecule has 1 saturated carbocycles. The van der Waals surface area contributed by atoms with Crippen molar-refractivity contribution in [3.63, 3.8) is 0 Å². The van der Waals surface area contributed by atoms with Gasteiger partial charge in [-0.1, -0.05) is 20.8 Å². The maximum atomic E-state index is 4.26. The number of nitrogens with zero attached hydrogens (tertiary/aromatic N) is 3. The van der Waals surface area contributed by atoms with Crippen LogP contribution in [0.15, 0.2) is 12.4 Å². The van der Waals surface area contributed by atoms with Gasteiger partial charge in [0.1, 0.15) is 0 Å². The van der Waals surface area contributed by atoms with E-state index in [9.17, 15) is 0 Å². The highest BCUT2D eigenvalue weighted by molar-refractivity contribution is 5.03. The van der Waals surface area contributed by atoms with E-state index < -0.39 is 0 Å². The van der Waals surface area contributed by atoms with E-state index in [0.29, 0.717) is 11.5 Å². The standard InChI is InChI=1S/C17H32N4/c1-6-18-16-7-8-17(2,3)9-15(16)13-20(4)11-14-10-19-21(5)12-14/h10,12,15-16,18H,6-9,11,13H2,1-5H3. The Balaban J connectivity index is 1.93. The average Bonchev–Trinajstić information content (AvgIpc) is 2.77. The minimum Gasteiger partial charge on any atom is -0.314 e. The molecule has 21 heavy (non-hydrogen) atoms. The molecule has 1 heterocycles. The summed E-state index contributed by atoms with van der Waals surface area (Å²) in [6.07, 6.45) is 8.06. The molecule has 4 nitrogen and oxygen atoms in total. The monoisotopic (exact) mass is 292 g/mol. The Morgan fingerprint density at radius 1 is 1.48 bits per heavy atom. The van der Waals surface area contributed by atoms with Crippen molar-refractivity contribution in [3.05, 3.63) is 18.0 Å². The molecule has 0 radical (unpaired) electrons. The van der Waals surface area contributed by atoms with E-state index in [0.717, 1.165) is 25.6 Å². The van der Waals surface area contributed by atoms with Crippen LogP contribution in [0.1, 0.15) is 45.6 Å². The zero-order valence-electron chi connectivity index (χ0n) is 14.4. The van der Waals surface area contributed by atoms with Gasteiger partial charge in [-0.25, -0.2) is 0 Å². The second kappa shape index (κ2) is 6.93. The molecule has 1 aromatic heterocycles. The van der Waals surface area contributed by atoms with Crippen LogP contribution >= 0.6 is 0 Å². The third kappa shape index (κ3) is 4.82. The molecule has 1 fully saturated rings. The lowest BCUT2D eigenvalue weighted by molar-refractivity contribution is 0.107. The van der Waals surface area contributed by atoms with Crippen molar-refractivity contribution >= 4 is 0 Å². The molecule has 0 aromatic carbocycles. The quantitative estimate of drug-likeness (QED) is 0.875. The number of aromatic nitrogens is 2. The molecule has 0 bridgehead atoms. The summed E-state index contributed by atoms with van der Waals surface area (Å²) in [4.78, 5) is 2.45. The van der Waals surface area contributed by atoms with Gasteiger partial charge in [-0.05, 0) is 44.2 Å².